The molecule has 106 valence electrons. The van der Waals surface area contributed by atoms with E-state index in [1.165, 1.54) is 25.7 Å². The van der Waals surface area contributed by atoms with Gasteiger partial charge in [0.15, 0.2) is 0 Å². The Bertz CT molecular complexity index is 423. The molecule has 1 N–H and O–H groups in total. The van der Waals surface area contributed by atoms with E-state index in [4.69, 9.17) is 0 Å². The first kappa shape index (κ1) is 17.0. The number of hydrogen-bond acceptors (Lipinski definition) is 1. The molecule has 0 bridgehead atoms. The zero-order valence-electron chi connectivity index (χ0n) is 11.5. The van der Waals surface area contributed by atoms with Gasteiger partial charge in [0, 0.05) is 14.1 Å². The molecule has 1 atom stereocenters. The van der Waals surface area contributed by atoms with Crippen molar-refractivity contribution < 1.29 is 4.79 Å². The molecule has 1 amide bonds. The van der Waals surface area contributed by atoms with Gasteiger partial charge in [-0.3, -0.25) is 4.79 Å². The average Bonchev–Trinajstić information content (AvgIpc) is 2.37. The van der Waals surface area contributed by atoms with Crippen molar-refractivity contribution in [1.29, 1.82) is 0 Å². The molecule has 19 heavy (non-hydrogen) atoms. The van der Waals surface area contributed by atoms with Gasteiger partial charge >= 0.3 is 0 Å². The Kier molecular flexibility index (Phi) is 7.99. The molecule has 1 aromatic rings. The van der Waals surface area contributed by atoms with Crippen molar-refractivity contribution in [1.82, 2.24) is 5.32 Å². The minimum absolute atomic E-state index is 0.0219. The molecule has 1 unspecified atom stereocenters. The van der Waals surface area contributed by atoms with Gasteiger partial charge in [-0.05, 0) is 54.1 Å². The lowest BCUT2D eigenvalue weighted by molar-refractivity contribution is 0.0937. The number of rotatable bonds is 7. The normalized spacial score (nSPS) is 12.2. The number of nitrogens with one attached hydrogen (secondary N) is 1. The lowest BCUT2D eigenvalue weighted by Gasteiger charge is -2.14. The Morgan fingerprint density at radius 3 is 2.79 bits per heavy atom. The summed E-state index contributed by atoms with van der Waals surface area (Å²) in [5.74, 6) is 0.0219. The topological polar surface area (TPSA) is 29.1 Å². The summed E-state index contributed by atoms with van der Waals surface area (Å²) in [5.41, 5.74) is 0.746. The largest absolute Gasteiger partial charge is 0.350 e. The van der Waals surface area contributed by atoms with E-state index >= 15 is 0 Å². The Morgan fingerprint density at radius 2 is 2.11 bits per heavy atom. The highest BCUT2D eigenvalue weighted by atomic mass is 127. The van der Waals surface area contributed by atoms with Crippen LogP contribution in [0.4, 0.5) is 0 Å². The molecule has 2 nitrogen and oxygen atoms in total. The molecule has 0 heterocycles. The zero-order chi connectivity index (χ0) is 14.3. The maximum atomic E-state index is 12.2. The van der Waals surface area contributed by atoms with Gasteiger partial charge in [-0.2, -0.15) is 0 Å². The molecule has 0 aliphatic carbocycles. The SMILES string of the molecule is CCCCCCC(C)NC(=O)c1cc(Br)ccc1I. The highest BCUT2D eigenvalue weighted by Gasteiger charge is 2.12. The summed E-state index contributed by atoms with van der Waals surface area (Å²) in [7, 11) is 0. The van der Waals surface area contributed by atoms with Gasteiger partial charge < -0.3 is 5.32 Å². The van der Waals surface area contributed by atoms with Crippen LogP contribution in [-0.2, 0) is 0 Å². The maximum Gasteiger partial charge on any atom is 0.252 e. The van der Waals surface area contributed by atoms with Gasteiger partial charge in [0.25, 0.3) is 5.91 Å². The van der Waals surface area contributed by atoms with Gasteiger partial charge in [-0.25, -0.2) is 0 Å². The average molecular weight is 438 g/mol. The predicted molar refractivity (Wildman–Crippen MR) is 92.5 cm³/mol. The molecule has 0 saturated carbocycles. The number of benzene rings is 1. The summed E-state index contributed by atoms with van der Waals surface area (Å²) in [4.78, 5) is 12.2. The van der Waals surface area contributed by atoms with Crippen molar-refractivity contribution in [2.45, 2.75) is 52.0 Å². The molecule has 1 aromatic carbocycles. The summed E-state index contributed by atoms with van der Waals surface area (Å²) in [5, 5.41) is 3.08. The fourth-order valence-electron chi connectivity index (χ4n) is 1.92. The minimum atomic E-state index is 0.0219. The molecule has 0 radical (unpaired) electrons. The van der Waals surface area contributed by atoms with Crippen LogP contribution < -0.4 is 5.32 Å². The standard InChI is InChI=1S/C15H21BrINO/c1-3-4-5-6-7-11(2)18-15(19)13-10-12(16)8-9-14(13)17/h8-11H,3-7H2,1-2H3,(H,18,19). The van der Waals surface area contributed by atoms with Crippen LogP contribution in [0.5, 0.6) is 0 Å². The fraction of sp³-hybridized carbons (Fsp3) is 0.533. The van der Waals surface area contributed by atoms with E-state index in [0.29, 0.717) is 0 Å². The number of carbonyl (C=O) groups excluding carboxylic acids is 1. The second-order valence-corrected chi connectivity index (χ2v) is 6.93. The van der Waals surface area contributed by atoms with E-state index in [-0.39, 0.29) is 11.9 Å². The van der Waals surface area contributed by atoms with E-state index in [0.717, 1.165) is 20.0 Å². The monoisotopic (exact) mass is 437 g/mol. The quantitative estimate of drug-likeness (QED) is 0.464. The van der Waals surface area contributed by atoms with Gasteiger partial charge in [0.1, 0.15) is 0 Å². The molecule has 4 heteroatoms. The van der Waals surface area contributed by atoms with E-state index in [9.17, 15) is 4.79 Å². The Hall–Kier alpha value is -0.100. The smallest absolute Gasteiger partial charge is 0.252 e. The van der Waals surface area contributed by atoms with Gasteiger partial charge in [-0.15, -0.1) is 0 Å². The summed E-state index contributed by atoms with van der Waals surface area (Å²) in [6.07, 6.45) is 6.02. The van der Waals surface area contributed by atoms with Crippen molar-refractivity contribution in [3.05, 3.63) is 31.8 Å². The molecule has 0 aliphatic rings. The van der Waals surface area contributed by atoms with Crippen molar-refractivity contribution >= 4 is 44.4 Å². The molecule has 0 fully saturated rings. The van der Waals surface area contributed by atoms with Gasteiger partial charge in [-0.1, -0.05) is 48.5 Å². The lowest BCUT2D eigenvalue weighted by Crippen LogP contribution is -2.33. The Balaban J connectivity index is 2.47. The zero-order valence-corrected chi connectivity index (χ0v) is 15.3. The van der Waals surface area contributed by atoms with Crippen molar-refractivity contribution in [3.8, 4) is 0 Å². The van der Waals surface area contributed by atoms with Crippen molar-refractivity contribution in [3.63, 3.8) is 0 Å². The fourth-order valence-corrected chi connectivity index (χ4v) is 2.86. The third-order valence-corrected chi connectivity index (χ3v) is 4.48. The summed E-state index contributed by atoms with van der Waals surface area (Å²) in [6, 6.07) is 6.01. The summed E-state index contributed by atoms with van der Waals surface area (Å²) < 4.78 is 1.92. The van der Waals surface area contributed by atoms with Crippen LogP contribution in [0.1, 0.15) is 56.3 Å². The third-order valence-electron chi connectivity index (χ3n) is 3.04. The van der Waals surface area contributed by atoms with Crippen LogP contribution in [-0.4, -0.2) is 11.9 Å². The van der Waals surface area contributed by atoms with E-state index in [2.05, 4.69) is 57.7 Å². The number of unbranched alkanes of at least 4 members (excludes halogenated alkanes) is 3. The lowest BCUT2D eigenvalue weighted by atomic mass is 10.1. The first-order valence-electron chi connectivity index (χ1n) is 6.80. The predicted octanol–water partition coefficient (Wildman–Crippen LogP) is 5.14. The highest BCUT2D eigenvalue weighted by molar-refractivity contribution is 14.1. The number of hydrogen-bond donors (Lipinski definition) is 1. The van der Waals surface area contributed by atoms with Crippen LogP contribution in [0.3, 0.4) is 0 Å². The molecular formula is C15H21BrINO. The first-order chi connectivity index (χ1) is 9.04. The second-order valence-electron chi connectivity index (χ2n) is 4.85. The van der Waals surface area contributed by atoms with Crippen molar-refractivity contribution in [2.75, 3.05) is 0 Å². The van der Waals surface area contributed by atoms with E-state index in [1.54, 1.807) is 0 Å². The van der Waals surface area contributed by atoms with Crippen LogP contribution in [0.25, 0.3) is 0 Å². The molecule has 0 aromatic heterocycles. The van der Waals surface area contributed by atoms with Gasteiger partial charge in [0.2, 0.25) is 0 Å². The van der Waals surface area contributed by atoms with Gasteiger partial charge in [0.05, 0.1) is 5.56 Å². The molecule has 0 aliphatic heterocycles. The van der Waals surface area contributed by atoms with Crippen molar-refractivity contribution in [2.24, 2.45) is 0 Å². The summed E-state index contributed by atoms with van der Waals surface area (Å²) in [6.45, 7) is 4.29. The van der Waals surface area contributed by atoms with E-state index < -0.39 is 0 Å². The number of amides is 1. The second kappa shape index (κ2) is 8.95. The maximum absolute atomic E-state index is 12.2. The third kappa shape index (κ3) is 6.25. The van der Waals surface area contributed by atoms with Crippen LogP contribution in [0.2, 0.25) is 0 Å². The van der Waals surface area contributed by atoms with Crippen LogP contribution in [0.15, 0.2) is 22.7 Å². The minimum Gasteiger partial charge on any atom is -0.350 e. The summed E-state index contributed by atoms with van der Waals surface area (Å²) >= 11 is 5.60. The van der Waals surface area contributed by atoms with Crippen LogP contribution in [0, 0.1) is 3.57 Å². The van der Waals surface area contributed by atoms with Crippen LogP contribution >= 0.6 is 38.5 Å². The molecule has 0 spiro atoms. The molecular weight excluding hydrogens is 417 g/mol. The number of carbonyl (C=O) groups is 1. The Morgan fingerprint density at radius 1 is 1.37 bits per heavy atom. The first-order valence-corrected chi connectivity index (χ1v) is 8.67. The Labute approximate surface area is 138 Å². The van der Waals surface area contributed by atoms with E-state index in [1.807, 2.05) is 18.2 Å². The highest BCUT2D eigenvalue weighted by Crippen LogP contribution is 2.18. The molecule has 0 saturated heterocycles. The molecule has 1 rings (SSSR count). The number of halogens is 2.